The fraction of sp³-hybridized carbons (Fsp3) is 0.538. The van der Waals surface area contributed by atoms with Crippen LogP contribution in [-0.2, 0) is 4.74 Å². The summed E-state index contributed by atoms with van der Waals surface area (Å²) in [5, 5.41) is 6.27. The van der Waals surface area contributed by atoms with Gasteiger partial charge in [-0.3, -0.25) is 0 Å². The van der Waals surface area contributed by atoms with Crippen LogP contribution in [0.2, 0.25) is 0 Å². The Morgan fingerprint density at radius 2 is 2.16 bits per heavy atom. The summed E-state index contributed by atoms with van der Waals surface area (Å²) in [6, 6.07) is 2.11. The third kappa shape index (κ3) is 2.37. The molecule has 0 saturated carbocycles. The van der Waals surface area contributed by atoms with Crippen molar-refractivity contribution in [3.05, 3.63) is 11.4 Å². The number of piperidine rings is 1. The molecule has 0 unspecified atom stereocenters. The first kappa shape index (κ1) is 12.6. The van der Waals surface area contributed by atoms with Gasteiger partial charge in [0.2, 0.25) is 5.95 Å². The van der Waals surface area contributed by atoms with Crippen molar-refractivity contribution < 1.29 is 4.74 Å². The summed E-state index contributed by atoms with van der Waals surface area (Å²) in [5.74, 6) is 1.74. The molecule has 102 valence electrons. The first-order chi connectivity index (χ1) is 9.31. The van der Waals surface area contributed by atoms with Crippen LogP contribution in [0.15, 0.2) is 11.4 Å². The number of methoxy groups -OCH3 is 1. The van der Waals surface area contributed by atoms with Crippen LogP contribution >= 0.6 is 11.3 Å². The molecule has 0 amide bonds. The second kappa shape index (κ2) is 5.30. The topological polar surface area (TPSA) is 50.3 Å². The number of hydrogen-bond acceptors (Lipinski definition) is 6. The zero-order valence-corrected chi connectivity index (χ0v) is 12.0. The van der Waals surface area contributed by atoms with Gasteiger partial charge in [-0.05, 0) is 24.3 Å². The van der Waals surface area contributed by atoms with Crippen molar-refractivity contribution in [2.24, 2.45) is 0 Å². The molecule has 3 heterocycles. The summed E-state index contributed by atoms with van der Waals surface area (Å²) < 4.78 is 5.42. The Morgan fingerprint density at radius 3 is 2.84 bits per heavy atom. The maximum Gasteiger partial charge on any atom is 0.225 e. The molecular weight excluding hydrogens is 260 g/mol. The third-order valence-corrected chi connectivity index (χ3v) is 4.41. The Morgan fingerprint density at radius 1 is 1.37 bits per heavy atom. The highest BCUT2D eigenvalue weighted by Gasteiger charge is 2.22. The Bertz CT molecular complexity index is 563. The number of ether oxygens (including phenoxy) is 1. The number of thiophene rings is 1. The van der Waals surface area contributed by atoms with E-state index in [1.165, 1.54) is 0 Å². The molecule has 0 radical (unpaired) electrons. The van der Waals surface area contributed by atoms with Gasteiger partial charge in [-0.1, -0.05) is 0 Å². The maximum atomic E-state index is 5.42. The third-order valence-electron chi connectivity index (χ3n) is 3.60. The SMILES string of the molecule is CNc1nc(N2CCC(OC)CC2)c2ccsc2n1. The summed E-state index contributed by atoms with van der Waals surface area (Å²) in [5.41, 5.74) is 0. The lowest BCUT2D eigenvalue weighted by Gasteiger charge is -2.32. The minimum atomic E-state index is 0.389. The number of nitrogens with zero attached hydrogens (tertiary/aromatic N) is 3. The smallest absolute Gasteiger partial charge is 0.225 e. The van der Waals surface area contributed by atoms with Crippen LogP contribution in [0.25, 0.3) is 10.2 Å². The average Bonchev–Trinajstić information content (AvgIpc) is 2.94. The quantitative estimate of drug-likeness (QED) is 0.934. The van der Waals surface area contributed by atoms with Gasteiger partial charge in [0.15, 0.2) is 0 Å². The van der Waals surface area contributed by atoms with Crippen molar-refractivity contribution in [3.63, 3.8) is 0 Å². The molecule has 2 aromatic heterocycles. The first-order valence-corrected chi connectivity index (χ1v) is 7.40. The largest absolute Gasteiger partial charge is 0.381 e. The molecule has 6 heteroatoms. The fourth-order valence-electron chi connectivity index (χ4n) is 2.50. The molecule has 1 aliphatic rings. The lowest BCUT2D eigenvalue weighted by atomic mass is 10.1. The van der Waals surface area contributed by atoms with E-state index in [-0.39, 0.29) is 0 Å². The molecule has 3 rings (SSSR count). The highest BCUT2D eigenvalue weighted by atomic mass is 32.1. The van der Waals surface area contributed by atoms with Crippen molar-refractivity contribution >= 4 is 33.3 Å². The van der Waals surface area contributed by atoms with Gasteiger partial charge < -0.3 is 15.0 Å². The van der Waals surface area contributed by atoms with Gasteiger partial charge in [-0.25, -0.2) is 4.98 Å². The van der Waals surface area contributed by atoms with Crippen LogP contribution in [0.4, 0.5) is 11.8 Å². The molecule has 5 nitrogen and oxygen atoms in total. The van der Waals surface area contributed by atoms with Crippen molar-refractivity contribution in [3.8, 4) is 0 Å². The molecule has 0 atom stereocenters. The molecule has 0 aliphatic carbocycles. The van der Waals surface area contributed by atoms with Crippen LogP contribution in [0, 0.1) is 0 Å². The number of hydrogen-bond donors (Lipinski definition) is 1. The molecule has 1 fully saturated rings. The summed E-state index contributed by atoms with van der Waals surface area (Å²) in [7, 11) is 3.65. The van der Waals surface area contributed by atoms with Gasteiger partial charge in [-0.2, -0.15) is 4.98 Å². The summed E-state index contributed by atoms with van der Waals surface area (Å²) in [6.45, 7) is 1.98. The van der Waals surface area contributed by atoms with Gasteiger partial charge in [-0.15, -0.1) is 11.3 Å². The Hall–Kier alpha value is -1.40. The minimum absolute atomic E-state index is 0.389. The maximum absolute atomic E-state index is 5.42. The monoisotopic (exact) mass is 278 g/mol. The van der Waals surface area contributed by atoms with Gasteiger partial charge in [0.25, 0.3) is 0 Å². The van der Waals surface area contributed by atoms with Gasteiger partial charge >= 0.3 is 0 Å². The van der Waals surface area contributed by atoms with E-state index >= 15 is 0 Å². The molecule has 0 bridgehead atoms. The van der Waals surface area contributed by atoms with Gasteiger partial charge in [0, 0.05) is 27.2 Å². The lowest BCUT2D eigenvalue weighted by Crippen LogP contribution is -2.37. The summed E-state index contributed by atoms with van der Waals surface area (Å²) in [4.78, 5) is 12.5. The van der Waals surface area contributed by atoms with E-state index in [2.05, 4.69) is 31.6 Å². The predicted octanol–water partition coefficient (Wildman–Crippen LogP) is 2.35. The van der Waals surface area contributed by atoms with Crippen LogP contribution in [0.1, 0.15) is 12.8 Å². The summed E-state index contributed by atoms with van der Waals surface area (Å²) in [6.07, 6.45) is 2.50. The Labute approximate surface area is 116 Å². The molecule has 1 aliphatic heterocycles. The molecule has 0 spiro atoms. The highest BCUT2D eigenvalue weighted by Crippen LogP contribution is 2.30. The number of anilines is 2. The van der Waals surface area contributed by atoms with Crippen molar-refractivity contribution in [1.29, 1.82) is 0 Å². The van der Waals surface area contributed by atoms with Crippen molar-refractivity contribution in [2.45, 2.75) is 18.9 Å². The Kier molecular flexibility index (Phi) is 3.52. The zero-order chi connectivity index (χ0) is 13.2. The van der Waals surface area contributed by atoms with Crippen LogP contribution in [0.5, 0.6) is 0 Å². The number of nitrogens with one attached hydrogen (secondary N) is 1. The minimum Gasteiger partial charge on any atom is -0.381 e. The van der Waals surface area contributed by atoms with Crippen LogP contribution < -0.4 is 10.2 Å². The normalized spacial score (nSPS) is 17.1. The second-order valence-electron chi connectivity index (χ2n) is 4.68. The second-order valence-corrected chi connectivity index (χ2v) is 5.58. The number of rotatable bonds is 3. The van der Waals surface area contributed by atoms with Gasteiger partial charge in [0.1, 0.15) is 10.6 Å². The van der Waals surface area contributed by atoms with E-state index in [1.54, 1.807) is 18.4 Å². The Balaban J connectivity index is 1.93. The van der Waals surface area contributed by atoms with Crippen LogP contribution in [0.3, 0.4) is 0 Å². The lowest BCUT2D eigenvalue weighted by molar-refractivity contribution is 0.0818. The molecular formula is C13H18N4OS. The fourth-order valence-corrected chi connectivity index (χ4v) is 3.25. The van der Waals surface area contributed by atoms with E-state index in [0.29, 0.717) is 12.1 Å². The van der Waals surface area contributed by atoms with E-state index < -0.39 is 0 Å². The van der Waals surface area contributed by atoms with E-state index in [1.807, 2.05) is 7.05 Å². The van der Waals surface area contributed by atoms with E-state index in [9.17, 15) is 0 Å². The number of aromatic nitrogens is 2. The van der Waals surface area contributed by atoms with Crippen molar-refractivity contribution in [1.82, 2.24) is 9.97 Å². The molecule has 1 saturated heterocycles. The average molecular weight is 278 g/mol. The van der Waals surface area contributed by atoms with E-state index in [0.717, 1.165) is 42.0 Å². The summed E-state index contributed by atoms with van der Waals surface area (Å²) >= 11 is 1.66. The van der Waals surface area contributed by atoms with Crippen LogP contribution in [-0.4, -0.2) is 43.3 Å². The standard InChI is InChI=1S/C13H18N4OS/c1-14-13-15-11(10-5-8-19-12(10)16-13)17-6-3-9(18-2)4-7-17/h5,8-9H,3-4,6-7H2,1-2H3,(H,14,15,16). The zero-order valence-electron chi connectivity index (χ0n) is 11.2. The first-order valence-electron chi connectivity index (χ1n) is 6.52. The molecule has 2 aromatic rings. The molecule has 1 N–H and O–H groups in total. The van der Waals surface area contributed by atoms with E-state index in [4.69, 9.17) is 4.74 Å². The molecule has 19 heavy (non-hydrogen) atoms. The van der Waals surface area contributed by atoms with Crippen molar-refractivity contribution in [2.75, 3.05) is 37.5 Å². The van der Waals surface area contributed by atoms with Gasteiger partial charge in [0.05, 0.1) is 11.5 Å². The predicted molar refractivity (Wildman–Crippen MR) is 79.2 cm³/mol. The molecule has 0 aromatic carbocycles. The number of fused-ring (bicyclic) bond motifs is 1. The highest BCUT2D eigenvalue weighted by molar-refractivity contribution is 7.16.